The van der Waals surface area contributed by atoms with E-state index >= 15 is 0 Å². The third-order valence-corrected chi connectivity index (χ3v) is 2.59. The molecule has 0 spiro atoms. The molecule has 0 saturated heterocycles. The van der Waals surface area contributed by atoms with E-state index < -0.39 is 0 Å². The Morgan fingerprint density at radius 1 is 1.17 bits per heavy atom. The summed E-state index contributed by atoms with van der Waals surface area (Å²) < 4.78 is 5.35. The molecular formula is C13H17N3O2. The summed E-state index contributed by atoms with van der Waals surface area (Å²) >= 11 is 0. The molecule has 2 rings (SSSR count). The number of nitrogens with zero attached hydrogens (tertiary/aromatic N) is 3. The van der Waals surface area contributed by atoms with Crippen molar-refractivity contribution in [1.29, 1.82) is 0 Å². The van der Waals surface area contributed by atoms with Crippen LogP contribution in [0.15, 0.2) is 34.7 Å². The van der Waals surface area contributed by atoms with Crippen molar-refractivity contribution in [3.8, 4) is 0 Å². The molecule has 0 atom stereocenters. The molecule has 2 aromatic rings. The fourth-order valence-corrected chi connectivity index (χ4v) is 1.79. The number of hydrogen-bond acceptors (Lipinski definition) is 5. The number of aryl methyl sites for hydroxylation is 1. The van der Waals surface area contributed by atoms with Gasteiger partial charge >= 0.3 is 0 Å². The van der Waals surface area contributed by atoms with Crippen LogP contribution in [-0.2, 0) is 13.1 Å². The summed E-state index contributed by atoms with van der Waals surface area (Å²) in [7, 11) is 0. The second-order valence-corrected chi connectivity index (χ2v) is 4.13. The summed E-state index contributed by atoms with van der Waals surface area (Å²) in [5, 5.41) is 16.9. The van der Waals surface area contributed by atoms with Crippen LogP contribution in [0.3, 0.4) is 0 Å². The predicted molar refractivity (Wildman–Crippen MR) is 66.7 cm³/mol. The third kappa shape index (κ3) is 3.65. The fourth-order valence-electron chi connectivity index (χ4n) is 1.79. The zero-order valence-electron chi connectivity index (χ0n) is 10.4. The minimum atomic E-state index is 0.111. The highest BCUT2D eigenvalue weighted by Crippen LogP contribution is 2.08. The maximum Gasteiger partial charge on any atom is 0.230 e. The summed E-state index contributed by atoms with van der Waals surface area (Å²) in [6.45, 7) is 3.76. The van der Waals surface area contributed by atoms with Crippen molar-refractivity contribution in [3.63, 3.8) is 0 Å². The Balaban J connectivity index is 1.99. The molecule has 0 amide bonds. The molecule has 0 aliphatic rings. The van der Waals surface area contributed by atoms with Gasteiger partial charge in [-0.25, -0.2) is 0 Å². The number of aliphatic hydroxyl groups is 1. The van der Waals surface area contributed by atoms with Crippen LogP contribution < -0.4 is 0 Å². The van der Waals surface area contributed by atoms with Gasteiger partial charge in [-0.05, 0) is 5.56 Å². The molecule has 96 valence electrons. The van der Waals surface area contributed by atoms with Crippen molar-refractivity contribution in [3.05, 3.63) is 47.7 Å². The van der Waals surface area contributed by atoms with E-state index in [2.05, 4.69) is 27.2 Å². The van der Waals surface area contributed by atoms with Crippen LogP contribution in [-0.4, -0.2) is 33.4 Å². The van der Waals surface area contributed by atoms with Crippen LogP contribution >= 0.6 is 0 Å². The van der Waals surface area contributed by atoms with Crippen molar-refractivity contribution < 1.29 is 9.52 Å². The van der Waals surface area contributed by atoms with E-state index in [1.807, 2.05) is 18.2 Å². The van der Waals surface area contributed by atoms with Gasteiger partial charge in [0.15, 0.2) is 0 Å². The van der Waals surface area contributed by atoms with E-state index in [9.17, 15) is 0 Å². The Labute approximate surface area is 106 Å². The molecule has 0 radical (unpaired) electrons. The quantitative estimate of drug-likeness (QED) is 0.835. The first kappa shape index (κ1) is 12.7. The van der Waals surface area contributed by atoms with Crippen molar-refractivity contribution in [2.75, 3.05) is 13.2 Å². The van der Waals surface area contributed by atoms with Crippen LogP contribution in [0.4, 0.5) is 0 Å². The lowest BCUT2D eigenvalue weighted by Crippen LogP contribution is -2.26. The first-order valence-electron chi connectivity index (χ1n) is 5.94. The molecule has 0 aliphatic heterocycles. The van der Waals surface area contributed by atoms with Crippen LogP contribution in [0.2, 0.25) is 0 Å². The van der Waals surface area contributed by atoms with Gasteiger partial charge in [-0.2, -0.15) is 0 Å². The number of aliphatic hydroxyl groups excluding tert-OH is 1. The molecule has 0 saturated carbocycles. The Morgan fingerprint density at radius 2 is 1.94 bits per heavy atom. The van der Waals surface area contributed by atoms with Gasteiger partial charge in [0, 0.05) is 20.0 Å². The van der Waals surface area contributed by atoms with Crippen LogP contribution in [0.25, 0.3) is 0 Å². The topological polar surface area (TPSA) is 62.4 Å². The number of hydrogen-bond donors (Lipinski definition) is 1. The Kier molecular flexibility index (Phi) is 4.44. The monoisotopic (exact) mass is 247 g/mol. The highest BCUT2D eigenvalue weighted by atomic mass is 16.4. The SMILES string of the molecule is Cc1nnc(CN(CCO)Cc2ccccc2)o1. The summed E-state index contributed by atoms with van der Waals surface area (Å²) in [6, 6.07) is 10.1. The van der Waals surface area contributed by atoms with Gasteiger partial charge in [0.2, 0.25) is 11.8 Å². The lowest BCUT2D eigenvalue weighted by molar-refractivity contribution is 0.172. The summed E-state index contributed by atoms with van der Waals surface area (Å²) in [4.78, 5) is 2.07. The van der Waals surface area contributed by atoms with Crippen LogP contribution in [0.1, 0.15) is 17.3 Å². The molecule has 1 aromatic carbocycles. The number of aromatic nitrogens is 2. The molecular weight excluding hydrogens is 230 g/mol. The average molecular weight is 247 g/mol. The highest BCUT2D eigenvalue weighted by molar-refractivity contribution is 5.14. The Bertz CT molecular complexity index is 470. The normalized spacial score (nSPS) is 11.1. The summed E-state index contributed by atoms with van der Waals surface area (Å²) in [5.41, 5.74) is 1.20. The zero-order chi connectivity index (χ0) is 12.8. The summed E-state index contributed by atoms with van der Waals surface area (Å²) in [6.07, 6.45) is 0. The molecule has 1 N–H and O–H groups in total. The maximum absolute atomic E-state index is 9.09. The van der Waals surface area contributed by atoms with Gasteiger partial charge in [-0.1, -0.05) is 30.3 Å². The first-order chi connectivity index (χ1) is 8.78. The van der Waals surface area contributed by atoms with E-state index in [0.29, 0.717) is 24.9 Å². The minimum Gasteiger partial charge on any atom is -0.424 e. The molecule has 0 bridgehead atoms. The number of rotatable bonds is 6. The second kappa shape index (κ2) is 6.28. The van der Waals surface area contributed by atoms with Crippen molar-refractivity contribution >= 4 is 0 Å². The molecule has 5 nitrogen and oxygen atoms in total. The number of benzene rings is 1. The van der Waals surface area contributed by atoms with Gasteiger partial charge in [-0.15, -0.1) is 10.2 Å². The largest absolute Gasteiger partial charge is 0.424 e. The zero-order valence-corrected chi connectivity index (χ0v) is 10.4. The van der Waals surface area contributed by atoms with E-state index in [0.717, 1.165) is 6.54 Å². The highest BCUT2D eigenvalue weighted by Gasteiger charge is 2.10. The third-order valence-electron chi connectivity index (χ3n) is 2.59. The Morgan fingerprint density at radius 3 is 2.56 bits per heavy atom. The lowest BCUT2D eigenvalue weighted by atomic mass is 10.2. The van der Waals surface area contributed by atoms with E-state index in [-0.39, 0.29) is 6.61 Å². The van der Waals surface area contributed by atoms with Crippen LogP contribution in [0, 0.1) is 6.92 Å². The van der Waals surface area contributed by atoms with Gasteiger partial charge in [-0.3, -0.25) is 4.90 Å². The minimum absolute atomic E-state index is 0.111. The smallest absolute Gasteiger partial charge is 0.230 e. The van der Waals surface area contributed by atoms with Gasteiger partial charge < -0.3 is 9.52 Å². The van der Waals surface area contributed by atoms with Crippen LogP contribution in [0.5, 0.6) is 0 Å². The summed E-state index contributed by atoms with van der Waals surface area (Å²) in [5.74, 6) is 1.14. The van der Waals surface area contributed by atoms with Gasteiger partial charge in [0.05, 0.1) is 13.2 Å². The van der Waals surface area contributed by atoms with Crippen molar-refractivity contribution in [1.82, 2.24) is 15.1 Å². The second-order valence-electron chi connectivity index (χ2n) is 4.13. The van der Waals surface area contributed by atoms with Gasteiger partial charge in [0.25, 0.3) is 0 Å². The molecule has 1 aromatic heterocycles. The van der Waals surface area contributed by atoms with E-state index in [4.69, 9.17) is 9.52 Å². The molecule has 0 aliphatic carbocycles. The van der Waals surface area contributed by atoms with E-state index in [1.54, 1.807) is 6.92 Å². The molecule has 0 fully saturated rings. The Hall–Kier alpha value is -1.72. The first-order valence-corrected chi connectivity index (χ1v) is 5.94. The fraction of sp³-hybridized carbons (Fsp3) is 0.385. The lowest BCUT2D eigenvalue weighted by Gasteiger charge is -2.19. The predicted octanol–water partition coefficient (Wildman–Crippen LogP) is 1.37. The van der Waals surface area contributed by atoms with Crippen molar-refractivity contribution in [2.24, 2.45) is 0 Å². The molecule has 18 heavy (non-hydrogen) atoms. The molecule has 1 heterocycles. The van der Waals surface area contributed by atoms with Gasteiger partial charge in [0.1, 0.15) is 0 Å². The maximum atomic E-state index is 9.09. The van der Waals surface area contributed by atoms with E-state index in [1.165, 1.54) is 5.56 Å². The molecule has 0 unspecified atom stereocenters. The average Bonchev–Trinajstić information content (AvgIpc) is 2.76. The molecule has 5 heteroatoms. The standard InChI is InChI=1S/C13H17N3O2/c1-11-14-15-13(18-11)10-16(7-8-17)9-12-5-3-2-4-6-12/h2-6,17H,7-10H2,1H3. The van der Waals surface area contributed by atoms with Crippen molar-refractivity contribution in [2.45, 2.75) is 20.0 Å².